The third-order valence-corrected chi connectivity index (χ3v) is 3.31. The highest BCUT2D eigenvalue weighted by atomic mass is 31.2. The van der Waals surface area contributed by atoms with Crippen molar-refractivity contribution in [2.45, 2.75) is 65.2 Å². The van der Waals surface area contributed by atoms with Crippen molar-refractivity contribution in [3.05, 3.63) is 0 Å². The molecule has 16 heavy (non-hydrogen) atoms. The van der Waals surface area contributed by atoms with Crippen molar-refractivity contribution < 1.29 is 9.05 Å². The van der Waals surface area contributed by atoms with E-state index >= 15 is 0 Å². The summed E-state index contributed by atoms with van der Waals surface area (Å²) in [7, 11) is -1.12. The lowest BCUT2D eigenvalue weighted by Gasteiger charge is -2.11. The van der Waals surface area contributed by atoms with Crippen molar-refractivity contribution >= 4 is 8.53 Å². The van der Waals surface area contributed by atoms with E-state index in [1.165, 1.54) is 38.5 Å². The van der Waals surface area contributed by atoms with E-state index in [2.05, 4.69) is 13.8 Å². The zero-order valence-electron chi connectivity index (χ0n) is 10.9. The second kappa shape index (κ2) is 13.4. The van der Waals surface area contributed by atoms with Crippen LogP contribution in [-0.4, -0.2) is 13.2 Å². The van der Waals surface area contributed by atoms with Crippen LogP contribution in [-0.2, 0) is 9.05 Å². The third-order valence-electron chi connectivity index (χ3n) is 2.43. The number of rotatable bonds is 12. The molecule has 4 heteroatoms. The van der Waals surface area contributed by atoms with Gasteiger partial charge in [-0.1, -0.05) is 52.4 Å². The van der Waals surface area contributed by atoms with Crippen LogP contribution < -0.4 is 5.50 Å². The molecule has 0 radical (unpaired) electrons. The summed E-state index contributed by atoms with van der Waals surface area (Å²) in [5, 5.41) is 0. The van der Waals surface area contributed by atoms with Crippen LogP contribution in [0.3, 0.4) is 0 Å². The maximum atomic E-state index is 5.72. The molecule has 0 unspecified atom stereocenters. The van der Waals surface area contributed by atoms with Crippen LogP contribution in [0.4, 0.5) is 0 Å². The molecule has 0 aliphatic carbocycles. The van der Waals surface area contributed by atoms with Gasteiger partial charge in [-0.25, -0.2) is 0 Å². The molecule has 2 N–H and O–H groups in total. The van der Waals surface area contributed by atoms with E-state index in [-0.39, 0.29) is 0 Å². The van der Waals surface area contributed by atoms with Gasteiger partial charge in [0.05, 0.1) is 13.2 Å². The Bertz CT molecular complexity index is 122. The van der Waals surface area contributed by atoms with Gasteiger partial charge in [0.25, 0.3) is 8.53 Å². The first-order chi connectivity index (χ1) is 7.81. The smallest absolute Gasteiger partial charge is 0.252 e. The highest BCUT2D eigenvalue weighted by Gasteiger charge is 2.03. The van der Waals surface area contributed by atoms with E-state index in [1.54, 1.807) is 0 Å². The largest absolute Gasteiger partial charge is 0.322 e. The highest BCUT2D eigenvalue weighted by molar-refractivity contribution is 7.44. The topological polar surface area (TPSA) is 44.5 Å². The normalized spacial score (nSPS) is 11.2. The quantitative estimate of drug-likeness (QED) is 0.412. The van der Waals surface area contributed by atoms with E-state index in [0.717, 1.165) is 26.1 Å². The molecule has 0 aliphatic heterocycles. The average Bonchev–Trinajstić information content (AvgIpc) is 2.28. The molecule has 0 rings (SSSR count). The summed E-state index contributed by atoms with van der Waals surface area (Å²) >= 11 is 0. The van der Waals surface area contributed by atoms with Crippen LogP contribution in [0.2, 0.25) is 0 Å². The van der Waals surface area contributed by atoms with Gasteiger partial charge in [-0.2, -0.15) is 0 Å². The van der Waals surface area contributed by atoms with Gasteiger partial charge in [-0.15, -0.1) is 0 Å². The Kier molecular flexibility index (Phi) is 13.6. The summed E-state index contributed by atoms with van der Waals surface area (Å²) in [4.78, 5) is 0. The summed E-state index contributed by atoms with van der Waals surface area (Å²) in [6.07, 6.45) is 9.74. The summed E-state index contributed by atoms with van der Waals surface area (Å²) < 4.78 is 10.8. The molecular formula is C12H28NO2P. The Hall–Kier alpha value is 0.310. The van der Waals surface area contributed by atoms with E-state index in [0.29, 0.717) is 0 Å². The van der Waals surface area contributed by atoms with Crippen molar-refractivity contribution in [1.82, 2.24) is 0 Å². The second-order valence-corrected chi connectivity index (χ2v) is 5.16. The van der Waals surface area contributed by atoms with Crippen molar-refractivity contribution in [3.63, 3.8) is 0 Å². The van der Waals surface area contributed by atoms with Crippen LogP contribution in [0.25, 0.3) is 0 Å². The van der Waals surface area contributed by atoms with Crippen LogP contribution in [0.15, 0.2) is 0 Å². The van der Waals surface area contributed by atoms with Gasteiger partial charge in [-0.05, 0) is 12.8 Å². The molecule has 0 aromatic heterocycles. The van der Waals surface area contributed by atoms with Gasteiger partial charge in [-0.3, -0.25) is 5.50 Å². The zero-order valence-corrected chi connectivity index (χ0v) is 11.8. The molecular weight excluding hydrogens is 221 g/mol. The number of unbranched alkanes of at least 4 members (excludes halogenated alkanes) is 6. The fourth-order valence-electron chi connectivity index (χ4n) is 1.40. The van der Waals surface area contributed by atoms with Crippen LogP contribution in [0.5, 0.6) is 0 Å². The molecule has 0 saturated heterocycles. The maximum Gasteiger partial charge on any atom is 0.252 e. The molecule has 0 spiro atoms. The Labute approximate surface area is 102 Å². The molecule has 0 saturated carbocycles. The first-order valence-corrected chi connectivity index (χ1v) is 7.86. The average molecular weight is 249 g/mol. The van der Waals surface area contributed by atoms with Crippen molar-refractivity contribution in [1.29, 1.82) is 0 Å². The molecule has 98 valence electrons. The van der Waals surface area contributed by atoms with Gasteiger partial charge < -0.3 is 9.05 Å². The second-order valence-electron chi connectivity index (χ2n) is 4.07. The fraction of sp³-hybridized carbons (Fsp3) is 1.00. The fourth-order valence-corrected chi connectivity index (χ4v) is 2.10. The lowest BCUT2D eigenvalue weighted by Crippen LogP contribution is -2.01. The standard InChI is InChI=1S/C12H28NO2P/c1-3-5-7-9-11-14-16(13)15-12-10-8-6-4-2/h3-13H2,1-2H3. The van der Waals surface area contributed by atoms with Crippen molar-refractivity contribution in [3.8, 4) is 0 Å². The molecule has 0 aromatic rings. The lowest BCUT2D eigenvalue weighted by molar-refractivity contribution is 0.240. The summed E-state index contributed by atoms with van der Waals surface area (Å²) in [6.45, 7) is 5.90. The first-order valence-electron chi connectivity index (χ1n) is 6.61. The van der Waals surface area contributed by atoms with Gasteiger partial charge in [0.1, 0.15) is 0 Å². The van der Waals surface area contributed by atoms with Crippen LogP contribution >= 0.6 is 8.53 Å². The number of hydrogen-bond acceptors (Lipinski definition) is 3. The van der Waals surface area contributed by atoms with Gasteiger partial charge in [0.2, 0.25) is 0 Å². The lowest BCUT2D eigenvalue weighted by atomic mass is 10.2. The van der Waals surface area contributed by atoms with E-state index < -0.39 is 8.53 Å². The predicted molar refractivity (Wildman–Crippen MR) is 71.3 cm³/mol. The van der Waals surface area contributed by atoms with Crippen molar-refractivity contribution in [2.75, 3.05) is 13.2 Å². The molecule has 3 nitrogen and oxygen atoms in total. The Morgan fingerprint density at radius 1 is 0.750 bits per heavy atom. The highest BCUT2D eigenvalue weighted by Crippen LogP contribution is 2.29. The van der Waals surface area contributed by atoms with Crippen molar-refractivity contribution in [2.24, 2.45) is 5.50 Å². The summed E-state index contributed by atoms with van der Waals surface area (Å²) in [6, 6.07) is 0. The third kappa shape index (κ3) is 12.4. The zero-order chi connectivity index (χ0) is 12.1. The van der Waals surface area contributed by atoms with Gasteiger partial charge >= 0.3 is 0 Å². The van der Waals surface area contributed by atoms with E-state index in [9.17, 15) is 0 Å². The van der Waals surface area contributed by atoms with E-state index in [1.807, 2.05) is 0 Å². The Balaban J connectivity index is 3.09. The number of nitrogens with two attached hydrogens (primary N) is 1. The van der Waals surface area contributed by atoms with Gasteiger partial charge in [0, 0.05) is 0 Å². The van der Waals surface area contributed by atoms with Gasteiger partial charge in [0.15, 0.2) is 0 Å². The number of hydrogen-bond donors (Lipinski definition) is 1. The molecule has 0 heterocycles. The SMILES string of the molecule is CCCCCCOP(N)OCCCCCC. The minimum atomic E-state index is -1.12. The minimum absolute atomic E-state index is 0.747. The Morgan fingerprint density at radius 3 is 1.56 bits per heavy atom. The van der Waals surface area contributed by atoms with Crippen LogP contribution in [0.1, 0.15) is 65.2 Å². The molecule has 0 fully saturated rings. The maximum absolute atomic E-state index is 5.72. The predicted octanol–water partition coefficient (Wildman–Crippen LogP) is 4.37. The molecule has 0 amide bonds. The van der Waals surface area contributed by atoms with Crippen LogP contribution in [0, 0.1) is 0 Å². The Morgan fingerprint density at radius 2 is 1.19 bits per heavy atom. The first kappa shape index (κ1) is 16.3. The monoisotopic (exact) mass is 249 g/mol. The molecule has 0 bridgehead atoms. The summed E-state index contributed by atoms with van der Waals surface area (Å²) in [5.41, 5.74) is 5.72. The molecule has 0 atom stereocenters. The summed E-state index contributed by atoms with van der Waals surface area (Å²) in [5.74, 6) is 0. The molecule has 0 aromatic carbocycles. The molecule has 0 aliphatic rings. The van der Waals surface area contributed by atoms with E-state index in [4.69, 9.17) is 14.6 Å². The minimum Gasteiger partial charge on any atom is -0.322 e.